The molecule has 2 aliphatic rings. The van der Waals surface area contributed by atoms with E-state index in [0.717, 1.165) is 37.2 Å². The minimum absolute atomic E-state index is 0.0576. The number of likely N-dealkylation sites (N-methyl/N-ethyl adjacent to an activating group) is 1. The number of rotatable bonds is 4. The largest absolute Gasteiger partial charge is 0.507 e. The highest BCUT2D eigenvalue weighted by Crippen LogP contribution is 2.31. The van der Waals surface area contributed by atoms with Crippen molar-refractivity contribution in [3.63, 3.8) is 0 Å². The Morgan fingerprint density at radius 3 is 2.44 bits per heavy atom. The van der Waals surface area contributed by atoms with Gasteiger partial charge in [-0.3, -0.25) is 19.3 Å². The van der Waals surface area contributed by atoms with Gasteiger partial charge in [0.2, 0.25) is 11.8 Å². The molecule has 0 aromatic heterocycles. The van der Waals surface area contributed by atoms with E-state index in [1.165, 1.54) is 14.7 Å². The van der Waals surface area contributed by atoms with Gasteiger partial charge in [0.25, 0.3) is 5.91 Å². The molecule has 0 spiro atoms. The minimum atomic E-state index is -0.447. The van der Waals surface area contributed by atoms with Crippen molar-refractivity contribution in [1.82, 2.24) is 9.80 Å². The van der Waals surface area contributed by atoms with Crippen molar-refractivity contribution in [2.45, 2.75) is 19.4 Å². The number of benzene rings is 2. The number of aromatic hydroxyl groups is 1. The van der Waals surface area contributed by atoms with Gasteiger partial charge in [0.15, 0.2) is 0 Å². The van der Waals surface area contributed by atoms with Gasteiger partial charge in [-0.2, -0.15) is 0 Å². The van der Waals surface area contributed by atoms with E-state index in [-0.39, 0.29) is 42.8 Å². The second-order valence-electron chi connectivity index (χ2n) is 8.45. The van der Waals surface area contributed by atoms with Crippen LogP contribution in [0.3, 0.4) is 0 Å². The Hall–Kier alpha value is -3.55. The molecule has 2 aromatic carbocycles. The van der Waals surface area contributed by atoms with Gasteiger partial charge in [-0.1, -0.05) is 18.2 Å². The standard InChI is InChI=1S/C24H28N4O4/c1-25(2)22(30)15-27-14-17-7-3-4-8-20(17)28(16-23(27)31)24(32)19-10-9-18(13-21(19)29)26-11-5-6-12-26/h3-4,7-10,13,29H,5-6,11-12,14-16H2,1-2H3. The summed E-state index contributed by atoms with van der Waals surface area (Å²) in [5.74, 6) is -1.06. The Kier molecular flexibility index (Phi) is 6.03. The van der Waals surface area contributed by atoms with Crippen LogP contribution in [0.1, 0.15) is 28.8 Å². The third-order valence-electron chi connectivity index (χ3n) is 6.04. The summed E-state index contributed by atoms with van der Waals surface area (Å²) in [5.41, 5.74) is 2.41. The highest BCUT2D eigenvalue weighted by Gasteiger charge is 2.31. The zero-order valence-electron chi connectivity index (χ0n) is 18.5. The minimum Gasteiger partial charge on any atom is -0.507 e. The highest BCUT2D eigenvalue weighted by molar-refractivity contribution is 6.11. The van der Waals surface area contributed by atoms with Gasteiger partial charge >= 0.3 is 0 Å². The van der Waals surface area contributed by atoms with Crippen LogP contribution in [0.2, 0.25) is 0 Å². The number of amides is 3. The average Bonchev–Trinajstić information content (AvgIpc) is 3.27. The second-order valence-corrected chi connectivity index (χ2v) is 8.45. The molecule has 0 unspecified atom stereocenters. The van der Waals surface area contributed by atoms with E-state index in [1.54, 1.807) is 38.4 Å². The van der Waals surface area contributed by atoms with Gasteiger partial charge < -0.3 is 19.8 Å². The SMILES string of the molecule is CN(C)C(=O)CN1Cc2ccccc2N(C(=O)c2ccc(N3CCCC3)cc2O)CC1=O. The second kappa shape index (κ2) is 8.90. The smallest absolute Gasteiger partial charge is 0.262 e. The molecule has 8 nitrogen and oxygen atoms in total. The van der Waals surface area contributed by atoms with E-state index in [4.69, 9.17) is 0 Å². The number of phenols is 1. The monoisotopic (exact) mass is 436 g/mol. The van der Waals surface area contributed by atoms with Crippen LogP contribution in [-0.2, 0) is 16.1 Å². The number of fused-ring (bicyclic) bond motifs is 1. The molecule has 3 amide bonds. The van der Waals surface area contributed by atoms with E-state index in [1.807, 2.05) is 18.2 Å². The summed E-state index contributed by atoms with van der Waals surface area (Å²) in [7, 11) is 3.28. The first-order chi connectivity index (χ1) is 15.3. The number of hydrogen-bond acceptors (Lipinski definition) is 5. The van der Waals surface area contributed by atoms with Crippen molar-refractivity contribution in [3.8, 4) is 5.75 Å². The van der Waals surface area contributed by atoms with Gasteiger partial charge in [0.1, 0.15) is 18.8 Å². The maximum Gasteiger partial charge on any atom is 0.262 e. The predicted octanol–water partition coefficient (Wildman–Crippen LogP) is 2.07. The molecule has 1 fully saturated rings. The number of nitrogens with zero attached hydrogens (tertiary/aromatic N) is 4. The molecule has 2 heterocycles. The Bertz CT molecular complexity index is 1050. The summed E-state index contributed by atoms with van der Waals surface area (Å²) in [4.78, 5) is 45.1. The van der Waals surface area contributed by atoms with Gasteiger partial charge in [-0.05, 0) is 36.6 Å². The molecule has 0 atom stereocenters. The molecule has 0 bridgehead atoms. The summed E-state index contributed by atoms with van der Waals surface area (Å²) >= 11 is 0. The molecular formula is C24H28N4O4. The summed E-state index contributed by atoms with van der Waals surface area (Å²) in [5, 5.41) is 10.6. The molecular weight excluding hydrogens is 408 g/mol. The first-order valence-corrected chi connectivity index (χ1v) is 10.8. The van der Waals surface area contributed by atoms with E-state index in [2.05, 4.69) is 4.90 Å². The topological polar surface area (TPSA) is 84.4 Å². The van der Waals surface area contributed by atoms with Crippen LogP contribution in [0.25, 0.3) is 0 Å². The van der Waals surface area contributed by atoms with Crippen molar-refractivity contribution in [2.75, 3.05) is 50.1 Å². The predicted molar refractivity (Wildman–Crippen MR) is 122 cm³/mol. The lowest BCUT2D eigenvalue weighted by Gasteiger charge is -2.24. The Balaban J connectivity index is 1.63. The molecule has 8 heteroatoms. The first kappa shape index (κ1) is 21.7. The normalized spacial score (nSPS) is 16.1. The molecule has 1 saturated heterocycles. The first-order valence-electron chi connectivity index (χ1n) is 10.8. The Labute approximate surface area is 187 Å². The van der Waals surface area contributed by atoms with Gasteiger partial charge in [0, 0.05) is 51.2 Å². The Morgan fingerprint density at radius 2 is 1.75 bits per heavy atom. The summed E-state index contributed by atoms with van der Waals surface area (Å²) in [6.45, 7) is 1.84. The van der Waals surface area contributed by atoms with Crippen LogP contribution < -0.4 is 9.80 Å². The van der Waals surface area contributed by atoms with Crippen LogP contribution in [-0.4, -0.2) is 72.9 Å². The maximum atomic E-state index is 13.5. The summed E-state index contributed by atoms with van der Waals surface area (Å²) < 4.78 is 0. The van der Waals surface area contributed by atoms with Crippen molar-refractivity contribution >= 4 is 29.1 Å². The zero-order chi connectivity index (χ0) is 22.8. The van der Waals surface area contributed by atoms with Crippen molar-refractivity contribution < 1.29 is 19.5 Å². The summed E-state index contributed by atoms with van der Waals surface area (Å²) in [6.07, 6.45) is 2.22. The van der Waals surface area contributed by atoms with E-state index in [0.29, 0.717) is 5.69 Å². The lowest BCUT2D eigenvalue weighted by Crippen LogP contribution is -2.44. The number of phenolic OH excluding ortho intramolecular Hbond substituents is 1. The lowest BCUT2D eigenvalue weighted by atomic mass is 10.1. The molecule has 0 aliphatic carbocycles. The third kappa shape index (κ3) is 4.26. The molecule has 0 saturated carbocycles. The number of anilines is 2. The van der Waals surface area contributed by atoms with Crippen LogP contribution in [0.5, 0.6) is 5.75 Å². The van der Waals surface area contributed by atoms with E-state index < -0.39 is 5.91 Å². The van der Waals surface area contributed by atoms with Crippen molar-refractivity contribution in [2.24, 2.45) is 0 Å². The zero-order valence-corrected chi connectivity index (χ0v) is 18.5. The molecule has 4 rings (SSSR count). The summed E-state index contributed by atoms with van der Waals surface area (Å²) in [6, 6.07) is 12.4. The van der Waals surface area contributed by atoms with Crippen molar-refractivity contribution in [3.05, 3.63) is 53.6 Å². The fraction of sp³-hybridized carbons (Fsp3) is 0.375. The van der Waals surface area contributed by atoms with Crippen molar-refractivity contribution in [1.29, 1.82) is 0 Å². The average molecular weight is 437 g/mol. The molecule has 0 radical (unpaired) electrons. The third-order valence-corrected chi connectivity index (χ3v) is 6.04. The number of hydrogen-bond donors (Lipinski definition) is 1. The van der Waals surface area contributed by atoms with E-state index >= 15 is 0 Å². The van der Waals surface area contributed by atoms with Gasteiger partial charge in [-0.25, -0.2) is 0 Å². The molecule has 168 valence electrons. The highest BCUT2D eigenvalue weighted by atomic mass is 16.3. The quantitative estimate of drug-likeness (QED) is 0.793. The number of carbonyl (C=O) groups is 3. The lowest BCUT2D eigenvalue weighted by molar-refractivity contribution is -0.138. The van der Waals surface area contributed by atoms with Crippen LogP contribution in [0.4, 0.5) is 11.4 Å². The molecule has 1 N–H and O–H groups in total. The van der Waals surface area contributed by atoms with Crippen LogP contribution >= 0.6 is 0 Å². The van der Waals surface area contributed by atoms with Crippen LogP contribution in [0.15, 0.2) is 42.5 Å². The van der Waals surface area contributed by atoms with E-state index in [9.17, 15) is 19.5 Å². The molecule has 32 heavy (non-hydrogen) atoms. The van der Waals surface area contributed by atoms with Gasteiger partial charge in [-0.15, -0.1) is 0 Å². The molecule has 2 aromatic rings. The fourth-order valence-electron chi connectivity index (χ4n) is 4.17. The maximum absolute atomic E-state index is 13.5. The molecule has 2 aliphatic heterocycles. The Morgan fingerprint density at radius 1 is 1.03 bits per heavy atom. The number of para-hydroxylation sites is 1. The van der Waals surface area contributed by atoms with Gasteiger partial charge in [0.05, 0.1) is 5.56 Å². The fourth-order valence-corrected chi connectivity index (χ4v) is 4.17. The number of carbonyl (C=O) groups excluding carboxylic acids is 3. The van der Waals surface area contributed by atoms with Crippen LogP contribution in [0, 0.1) is 0 Å².